The van der Waals surface area contributed by atoms with Gasteiger partial charge in [-0.1, -0.05) is 32.4 Å². The van der Waals surface area contributed by atoms with E-state index < -0.39 is 0 Å². The van der Waals surface area contributed by atoms with Gasteiger partial charge in [-0.05, 0) is 31.1 Å². The molecule has 0 bridgehead atoms. The minimum atomic E-state index is 0.904. The van der Waals surface area contributed by atoms with E-state index in [-0.39, 0.29) is 0 Å². The predicted octanol–water partition coefficient (Wildman–Crippen LogP) is 3.20. The summed E-state index contributed by atoms with van der Waals surface area (Å²) in [5, 5.41) is 0. The lowest BCUT2D eigenvalue weighted by Crippen LogP contribution is -2.15. The second-order valence-electron chi connectivity index (χ2n) is 3.14. The van der Waals surface area contributed by atoms with Crippen LogP contribution in [0.2, 0.25) is 0 Å². The second kappa shape index (κ2) is 3.80. The molecule has 2 unspecified atom stereocenters. The summed E-state index contributed by atoms with van der Waals surface area (Å²) in [5.41, 5.74) is 0. The summed E-state index contributed by atoms with van der Waals surface area (Å²) in [7, 11) is 0. The lowest BCUT2D eigenvalue weighted by molar-refractivity contribution is 0.358. The Hall–Kier alpha value is -0.260. The van der Waals surface area contributed by atoms with E-state index in [9.17, 15) is 0 Å². The molecule has 0 nitrogen and oxygen atoms in total. The minimum absolute atomic E-state index is 0.904. The Bertz CT molecular complexity index is 113. The van der Waals surface area contributed by atoms with E-state index in [1.807, 2.05) is 0 Å². The summed E-state index contributed by atoms with van der Waals surface area (Å²) >= 11 is 0. The number of allylic oxidation sites excluding steroid dienone is 2. The lowest BCUT2D eigenvalue weighted by Gasteiger charge is -2.26. The first-order valence-corrected chi connectivity index (χ1v) is 4.33. The standard InChI is InChI=1S/C10H17/c1-3-6-9(4-2)10-7-5-8-10/h3,5,7,9-10H,4,6,8H2,1-2H3. The van der Waals surface area contributed by atoms with Gasteiger partial charge in [-0.15, -0.1) is 0 Å². The molecule has 0 spiro atoms. The molecular weight excluding hydrogens is 120 g/mol. The highest BCUT2D eigenvalue weighted by atomic mass is 14.2. The van der Waals surface area contributed by atoms with Crippen molar-refractivity contribution in [3.05, 3.63) is 18.6 Å². The molecule has 0 saturated heterocycles. The van der Waals surface area contributed by atoms with Crippen LogP contribution >= 0.6 is 0 Å². The van der Waals surface area contributed by atoms with Crippen LogP contribution in [0.25, 0.3) is 0 Å². The Labute approximate surface area is 64.3 Å². The van der Waals surface area contributed by atoms with Crippen LogP contribution in [0.15, 0.2) is 12.2 Å². The molecule has 0 aromatic rings. The molecule has 57 valence electrons. The zero-order valence-electron chi connectivity index (χ0n) is 7.01. The SMILES string of the molecule is C[CH]CC(CC)C1C=CC1. The van der Waals surface area contributed by atoms with Crippen molar-refractivity contribution < 1.29 is 0 Å². The van der Waals surface area contributed by atoms with Crippen molar-refractivity contribution in [3.8, 4) is 0 Å². The summed E-state index contributed by atoms with van der Waals surface area (Å²) < 4.78 is 0. The maximum Gasteiger partial charge on any atom is -0.0171 e. The van der Waals surface area contributed by atoms with Crippen LogP contribution in [0.4, 0.5) is 0 Å². The molecule has 0 heterocycles. The Kier molecular flexibility index (Phi) is 2.98. The third-order valence-corrected chi connectivity index (χ3v) is 2.46. The largest absolute Gasteiger partial charge is 0.0876 e. The zero-order valence-corrected chi connectivity index (χ0v) is 7.01. The molecule has 2 atom stereocenters. The second-order valence-corrected chi connectivity index (χ2v) is 3.14. The topological polar surface area (TPSA) is 0 Å². The summed E-state index contributed by atoms with van der Waals surface area (Å²) in [6, 6.07) is 0. The summed E-state index contributed by atoms with van der Waals surface area (Å²) in [6.07, 6.45) is 10.9. The molecule has 0 aromatic heterocycles. The highest BCUT2D eigenvalue weighted by Crippen LogP contribution is 2.30. The molecule has 1 aliphatic rings. The van der Waals surface area contributed by atoms with Gasteiger partial charge in [0.25, 0.3) is 0 Å². The average Bonchev–Trinajstić information content (AvgIpc) is 1.83. The fraction of sp³-hybridized carbons (Fsp3) is 0.700. The van der Waals surface area contributed by atoms with E-state index >= 15 is 0 Å². The first kappa shape index (κ1) is 7.84. The number of hydrogen-bond acceptors (Lipinski definition) is 0. The van der Waals surface area contributed by atoms with Crippen LogP contribution in [0.1, 0.15) is 33.1 Å². The summed E-state index contributed by atoms with van der Waals surface area (Å²) in [6.45, 7) is 4.45. The van der Waals surface area contributed by atoms with Crippen molar-refractivity contribution in [2.45, 2.75) is 33.1 Å². The molecule has 0 aromatic carbocycles. The van der Waals surface area contributed by atoms with Gasteiger partial charge in [-0.25, -0.2) is 0 Å². The van der Waals surface area contributed by atoms with E-state index in [0.29, 0.717) is 0 Å². The van der Waals surface area contributed by atoms with Gasteiger partial charge in [-0.3, -0.25) is 0 Å². The van der Waals surface area contributed by atoms with Crippen LogP contribution in [0, 0.1) is 18.3 Å². The first-order valence-electron chi connectivity index (χ1n) is 4.33. The van der Waals surface area contributed by atoms with Crippen molar-refractivity contribution >= 4 is 0 Å². The van der Waals surface area contributed by atoms with Gasteiger partial charge in [0.2, 0.25) is 0 Å². The van der Waals surface area contributed by atoms with E-state index in [0.717, 1.165) is 11.8 Å². The maximum atomic E-state index is 2.36. The highest BCUT2D eigenvalue weighted by Gasteiger charge is 2.19. The Balaban J connectivity index is 2.25. The van der Waals surface area contributed by atoms with Crippen molar-refractivity contribution in [3.63, 3.8) is 0 Å². The highest BCUT2D eigenvalue weighted by molar-refractivity contribution is 5.04. The Morgan fingerprint density at radius 1 is 1.70 bits per heavy atom. The molecule has 0 saturated carbocycles. The van der Waals surface area contributed by atoms with Crippen LogP contribution in [-0.2, 0) is 0 Å². The summed E-state index contributed by atoms with van der Waals surface area (Å²) in [5.74, 6) is 1.83. The van der Waals surface area contributed by atoms with Crippen molar-refractivity contribution in [1.29, 1.82) is 0 Å². The molecule has 10 heavy (non-hydrogen) atoms. The van der Waals surface area contributed by atoms with Crippen LogP contribution in [-0.4, -0.2) is 0 Å². The zero-order chi connectivity index (χ0) is 7.40. The van der Waals surface area contributed by atoms with Crippen molar-refractivity contribution in [2.75, 3.05) is 0 Å². The molecule has 0 N–H and O–H groups in total. The minimum Gasteiger partial charge on any atom is -0.0876 e. The lowest BCUT2D eigenvalue weighted by atomic mass is 9.79. The van der Waals surface area contributed by atoms with E-state index in [1.54, 1.807) is 0 Å². The fourth-order valence-corrected chi connectivity index (χ4v) is 1.59. The van der Waals surface area contributed by atoms with Gasteiger partial charge in [0.1, 0.15) is 0 Å². The van der Waals surface area contributed by atoms with E-state index in [2.05, 4.69) is 32.4 Å². The van der Waals surface area contributed by atoms with Crippen LogP contribution in [0.3, 0.4) is 0 Å². The van der Waals surface area contributed by atoms with E-state index in [1.165, 1.54) is 19.3 Å². The van der Waals surface area contributed by atoms with Crippen molar-refractivity contribution in [1.82, 2.24) is 0 Å². The smallest absolute Gasteiger partial charge is 0.0171 e. The Morgan fingerprint density at radius 3 is 2.70 bits per heavy atom. The van der Waals surface area contributed by atoms with Gasteiger partial charge < -0.3 is 0 Å². The normalized spacial score (nSPS) is 26.0. The first-order chi connectivity index (χ1) is 4.88. The Morgan fingerprint density at radius 2 is 2.40 bits per heavy atom. The van der Waals surface area contributed by atoms with Gasteiger partial charge in [0.15, 0.2) is 0 Å². The van der Waals surface area contributed by atoms with Gasteiger partial charge >= 0.3 is 0 Å². The average molecular weight is 137 g/mol. The van der Waals surface area contributed by atoms with Gasteiger partial charge in [0, 0.05) is 0 Å². The molecule has 1 rings (SSSR count). The van der Waals surface area contributed by atoms with Gasteiger partial charge in [-0.2, -0.15) is 0 Å². The van der Waals surface area contributed by atoms with E-state index in [4.69, 9.17) is 0 Å². The molecule has 1 aliphatic carbocycles. The fourth-order valence-electron chi connectivity index (χ4n) is 1.59. The van der Waals surface area contributed by atoms with Crippen LogP contribution in [0.5, 0.6) is 0 Å². The quantitative estimate of drug-likeness (QED) is 0.522. The summed E-state index contributed by atoms with van der Waals surface area (Å²) in [4.78, 5) is 0. The van der Waals surface area contributed by atoms with Gasteiger partial charge in [0.05, 0.1) is 0 Å². The monoisotopic (exact) mass is 137 g/mol. The molecule has 0 fully saturated rings. The number of rotatable bonds is 4. The molecular formula is C10H17. The molecule has 0 heteroatoms. The van der Waals surface area contributed by atoms with Crippen LogP contribution < -0.4 is 0 Å². The molecule has 1 radical (unpaired) electrons. The third kappa shape index (κ3) is 1.62. The maximum absolute atomic E-state index is 2.36. The van der Waals surface area contributed by atoms with Crippen molar-refractivity contribution in [2.24, 2.45) is 11.8 Å². The number of hydrogen-bond donors (Lipinski definition) is 0. The third-order valence-electron chi connectivity index (χ3n) is 2.46. The molecule has 0 amide bonds. The predicted molar refractivity (Wildman–Crippen MR) is 45.6 cm³/mol. The molecule has 0 aliphatic heterocycles.